The number of phenolic OH excluding ortho intramolecular Hbond substituents is 1. The van der Waals surface area contributed by atoms with Crippen LogP contribution in [0.1, 0.15) is 17.2 Å². The Kier molecular flexibility index (Phi) is 2.39. The molecule has 0 saturated carbocycles. The number of nitrogens with one attached hydrogen (secondary N) is 1. The summed E-state index contributed by atoms with van der Waals surface area (Å²) in [6.07, 6.45) is 0.593. The number of phenols is 1. The molecule has 0 fully saturated rings. The molecule has 3 nitrogen and oxygen atoms in total. The van der Waals surface area contributed by atoms with E-state index < -0.39 is 5.82 Å². The standard InChI is InChI=1S/C10H12FNO2/c11-8-2-1-6-7(10(8)14)3-4-12-9(6)5-13/h1-2,9,12-14H,3-5H2. The third-order valence-corrected chi connectivity index (χ3v) is 2.59. The van der Waals surface area contributed by atoms with Gasteiger partial charge < -0.3 is 15.5 Å². The maximum Gasteiger partial charge on any atom is 0.165 e. The minimum Gasteiger partial charge on any atom is -0.505 e. The lowest BCUT2D eigenvalue weighted by atomic mass is 9.94. The van der Waals surface area contributed by atoms with Crippen molar-refractivity contribution in [1.29, 1.82) is 0 Å². The molecule has 1 heterocycles. The largest absolute Gasteiger partial charge is 0.505 e. The minimum atomic E-state index is -0.595. The topological polar surface area (TPSA) is 52.5 Å². The van der Waals surface area contributed by atoms with Gasteiger partial charge in [0.2, 0.25) is 0 Å². The van der Waals surface area contributed by atoms with Gasteiger partial charge in [-0.2, -0.15) is 0 Å². The van der Waals surface area contributed by atoms with E-state index in [2.05, 4.69) is 5.32 Å². The number of hydrogen-bond donors (Lipinski definition) is 3. The Hall–Kier alpha value is -1.13. The molecule has 1 aliphatic rings. The molecule has 1 aromatic carbocycles. The first kappa shape index (κ1) is 9.43. The molecule has 1 unspecified atom stereocenters. The second-order valence-corrected chi connectivity index (χ2v) is 3.40. The number of aliphatic hydroxyl groups excluding tert-OH is 1. The molecule has 0 aromatic heterocycles. The van der Waals surface area contributed by atoms with E-state index in [1.807, 2.05) is 0 Å². The third-order valence-electron chi connectivity index (χ3n) is 2.59. The van der Waals surface area contributed by atoms with Gasteiger partial charge in [-0.15, -0.1) is 0 Å². The molecule has 0 radical (unpaired) electrons. The molecule has 0 saturated heterocycles. The van der Waals surface area contributed by atoms with Crippen LogP contribution in [-0.2, 0) is 6.42 Å². The van der Waals surface area contributed by atoms with E-state index in [0.29, 0.717) is 18.5 Å². The highest BCUT2D eigenvalue weighted by Crippen LogP contribution is 2.31. The number of hydrogen-bond acceptors (Lipinski definition) is 3. The molecule has 1 aliphatic heterocycles. The summed E-state index contributed by atoms with van der Waals surface area (Å²) in [6, 6.07) is 2.64. The van der Waals surface area contributed by atoms with Gasteiger partial charge in [0.25, 0.3) is 0 Å². The summed E-state index contributed by atoms with van der Waals surface area (Å²) in [7, 11) is 0. The highest BCUT2D eigenvalue weighted by atomic mass is 19.1. The molecule has 14 heavy (non-hydrogen) atoms. The number of rotatable bonds is 1. The Morgan fingerprint density at radius 2 is 2.29 bits per heavy atom. The predicted molar refractivity (Wildman–Crippen MR) is 49.6 cm³/mol. The lowest BCUT2D eigenvalue weighted by Gasteiger charge is -2.25. The molecule has 0 spiro atoms. The number of benzene rings is 1. The van der Waals surface area contributed by atoms with Crippen molar-refractivity contribution >= 4 is 0 Å². The van der Waals surface area contributed by atoms with Crippen molar-refractivity contribution in [3.8, 4) is 5.75 Å². The molecule has 3 N–H and O–H groups in total. The van der Waals surface area contributed by atoms with E-state index in [9.17, 15) is 9.50 Å². The first-order chi connectivity index (χ1) is 6.74. The fraction of sp³-hybridized carbons (Fsp3) is 0.400. The number of aliphatic hydroxyl groups is 1. The Morgan fingerprint density at radius 1 is 1.50 bits per heavy atom. The van der Waals surface area contributed by atoms with Gasteiger partial charge in [0.15, 0.2) is 11.6 Å². The lowest BCUT2D eigenvalue weighted by Crippen LogP contribution is -2.32. The SMILES string of the molecule is OCC1NCCc2c1ccc(F)c2O. The van der Waals surface area contributed by atoms with Gasteiger partial charge in [0.05, 0.1) is 12.6 Å². The first-order valence-corrected chi connectivity index (χ1v) is 4.58. The van der Waals surface area contributed by atoms with Crippen LogP contribution in [0.15, 0.2) is 12.1 Å². The molecule has 1 atom stereocenters. The van der Waals surface area contributed by atoms with Crippen molar-refractivity contribution in [3.05, 3.63) is 29.1 Å². The zero-order chi connectivity index (χ0) is 10.1. The average Bonchev–Trinajstić information content (AvgIpc) is 2.23. The van der Waals surface area contributed by atoms with Crippen LogP contribution in [-0.4, -0.2) is 23.4 Å². The maximum absolute atomic E-state index is 13.0. The van der Waals surface area contributed by atoms with Crippen LogP contribution in [0.25, 0.3) is 0 Å². The maximum atomic E-state index is 13.0. The zero-order valence-corrected chi connectivity index (χ0v) is 7.63. The normalized spacial score (nSPS) is 20.6. The quantitative estimate of drug-likeness (QED) is 0.621. The average molecular weight is 197 g/mol. The van der Waals surface area contributed by atoms with Crippen LogP contribution < -0.4 is 5.32 Å². The number of fused-ring (bicyclic) bond motifs is 1. The molecule has 0 bridgehead atoms. The number of aromatic hydroxyl groups is 1. The van der Waals surface area contributed by atoms with E-state index in [1.54, 1.807) is 6.07 Å². The molecule has 1 aromatic rings. The van der Waals surface area contributed by atoms with Gasteiger partial charge in [-0.05, 0) is 24.6 Å². The van der Waals surface area contributed by atoms with E-state index in [4.69, 9.17) is 5.11 Å². The molecule has 4 heteroatoms. The second-order valence-electron chi connectivity index (χ2n) is 3.40. The van der Waals surface area contributed by atoms with Crippen LogP contribution in [0.3, 0.4) is 0 Å². The van der Waals surface area contributed by atoms with E-state index in [-0.39, 0.29) is 18.4 Å². The molecular weight excluding hydrogens is 185 g/mol. The lowest BCUT2D eigenvalue weighted by molar-refractivity contribution is 0.239. The van der Waals surface area contributed by atoms with Crippen LogP contribution in [0.4, 0.5) is 4.39 Å². The van der Waals surface area contributed by atoms with Gasteiger partial charge in [0, 0.05) is 5.56 Å². The smallest absolute Gasteiger partial charge is 0.165 e. The second kappa shape index (κ2) is 3.55. The van der Waals surface area contributed by atoms with Crippen molar-refractivity contribution in [2.75, 3.05) is 13.2 Å². The molecule has 0 amide bonds. The van der Waals surface area contributed by atoms with Crippen molar-refractivity contribution < 1.29 is 14.6 Å². The highest BCUT2D eigenvalue weighted by Gasteiger charge is 2.22. The van der Waals surface area contributed by atoms with E-state index >= 15 is 0 Å². The Bertz CT molecular complexity index is 354. The van der Waals surface area contributed by atoms with Crippen LogP contribution in [0.2, 0.25) is 0 Å². The van der Waals surface area contributed by atoms with Crippen molar-refractivity contribution in [2.45, 2.75) is 12.5 Å². The zero-order valence-electron chi connectivity index (χ0n) is 7.63. The minimum absolute atomic E-state index is 0.0436. The van der Waals surface area contributed by atoms with Crippen LogP contribution in [0.5, 0.6) is 5.75 Å². The van der Waals surface area contributed by atoms with Gasteiger partial charge in [-0.1, -0.05) is 6.07 Å². The Morgan fingerprint density at radius 3 is 3.00 bits per heavy atom. The van der Waals surface area contributed by atoms with Gasteiger partial charge in [-0.25, -0.2) is 4.39 Å². The predicted octanol–water partition coefficient (Wildman–Crippen LogP) is 0.710. The van der Waals surface area contributed by atoms with Crippen molar-refractivity contribution in [2.24, 2.45) is 0 Å². The summed E-state index contributed by atoms with van der Waals surface area (Å²) >= 11 is 0. The summed E-state index contributed by atoms with van der Waals surface area (Å²) in [5.74, 6) is -0.871. The summed E-state index contributed by atoms with van der Waals surface area (Å²) in [5.41, 5.74) is 1.40. The van der Waals surface area contributed by atoms with Crippen molar-refractivity contribution in [3.63, 3.8) is 0 Å². The highest BCUT2D eigenvalue weighted by molar-refractivity contribution is 5.43. The van der Waals surface area contributed by atoms with E-state index in [1.165, 1.54) is 6.07 Å². The van der Waals surface area contributed by atoms with Gasteiger partial charge >= 0.3 is 0 Å². The van der Waals surface area contributed by atoms with Crippen LogP contribution >= 0.6 is 0 Å². The Balaban J connectivity index is 2.50. The van der Waals surface area contributed by atoms with Crippen molar-refractivity contribution in [1.82, 2.24) is 5.32 Å². The summed E-state index contributed by atoms with van der Waals surface area (Å²) < 4.78 is 13.0. The molecule has 0 aliphatic carbocycles. The fourth-order valence-electron chi connectivity index (χ4n) is 1.86. The molecule has 76 valence electrons. The summed E-state index contributed by atoms with van der Waals surface area (Å²) in [4.78, 5) is 0. The van der Waals surface area contributed by atoms with Gasteiger partial charge in [-0.3, -0.25) is 0 Å². The van der Waals surface area contributed by atoms with Gasteiger partial charge in [0.1, 0.15) is 0 Å². The molecular formula is C10H12FNO2. The fourth-order valence-corrected chi connectivity index (χ4v) is 1.86. The first-order valence-electron chi connectivity index (χ1n) is 4.58. The Labute approximate surface area is 81.2 Å². The summed E-state index contributed by atoms with van der Waals surface area (Å²) in [5, 5.41) is 21.6. The number of halogens is 1. The molecule has 2 rings (SSSR count). The third kappa shape index (κ3) is 1.36. The van der Waals surface area contributed by atoms with E-state index in [0.717, 1.165) is 5.56 Å². The van der Waals surface area contributed by atoms with Crippen LogP contribution in [0, 0.1) is 5.82 Å². The summed E-state index contributed by atoms with van der Waals surface area (Å²) in [6.45, 7) is 0.604. The monoisotopic (exact) mass is 197 g/mol.